The maximum Gasteiger partial charge on any atom is 0.193 e. The molecule has 2 aromatic rings. The maximum atomic E-state index is 13.2. The first-order chi connectivity index (χ1) is 17.0. The number of H-pyrrole nitrogens is 1. The molecule has 4 heteroatoms. The topological polar surface area (TPSA) is 51.3 Å². The summed E-state index contributed by atoms with van der Waals surface area (Å²) in [6, 6.07) is 6.75. The van der Waals surface area contributed by atoms with Crippen LogP contribution >= 0.6 is 0 Å². The van der Waals surface area contributed by atoms with Gasteiger partial charge < -0.3 is 14.5 Å². The van der Waals surface area contributed by atoms with Crippen LogP contribution in [0.15, 0.2) is 41.5 Å². The van der Waals surface area contributed by atoms with Crippen LogP contribution in [0.3, 0.4) is 0 Å². The molecule has 4 nitrogen and oxygen atoms in total. The van der Waals surface area contributed by atoms with Gasteiger partial charge in [0.05, 0.1) is 0 Å². The predicted octanol–water partition coefficient (Wildman–Crippen LogP) is 6.72. The van der Waals surface area contributed by atoms with Crippen molar-refractivity contribution in [3.63, 3.8) is 0 Å². The maximum absolute atomic E-state index is 13.2. The third-order valence-electron chi connectivity index (χ3n) is 11.0. The van der Waals surface area contributed by atoms with Crippen molar-refractivity contribution in [3.8, 4) is 0 Å². The number of aromatic nitrogens is 1. The van der Waals surface area contributed by atoms with E-state index in [0.717, 1.165) is 37.7 Å². The van der Waals surface area contributed by atoms with Crippen molar-refractivity contribution in [1.82, 2.24) is 4.98 Å². The normalized spacial score (nSPS) is 39.8. The Morgan fingerprint density at radius 1 is 1.14 bits per heavy atom. The lowest BCUT2D eigenvalue weighted by molar-refractivity contribution is -0.205. The van der Waals surface area contributed by atoms with E-state index in [1.54, 1.807) is 5.56 Å². The second-order valence-corrected chi connectivity index (χ2v) is 13.4. The number of nitrogens with one attached hydrogen (secondary N) is 1. The molecule has 1 aromatic carbocycles. The SMILES string of the molecule is CC(C)=CCc1cccc2[nH]c3c(c12)CC1CCC2C4=CC(=O)[C@@H]5O[C@@]4(CC[C@]2(C)[C@@]31C)OC5(C)C. The highest BCUT2D eigenvalue weighted by atomic mass is 16.8. The summed E-state index contributed by atoms with van der Waals surface area (Å²) in [4.78, 5) is 17.1. The highest BCUT2D eigenvalue weighted by Crippen LogP contribution is 2.70. The van der Waals surface area contributed by atoms with E-state index in [2.05, 4.69) is 57.0 Å². The van der Waals surface area contributed by atoms with Gasteiger partial charge in [0.1, 0.15) is 5.60 Å². The van der Waals surface area contributed by atoms with Crippen LogP contribution in [0.1, 0.15) is 84.0 Å². The van der Waals surface area contributed by atoms with E-state index in [1.807, 2.05) is 19.9 Å². The smallest absolute Gasteiger partial charge is 0.193 e. The molecule has 3 fully saturated rings. The number of carbonyl (C=O) groups is 1. The van der Waals surface area contributed by atoms with Gasteiger partial charge in [-0.2, -0.15) is 0 Å². The minimum absolute atomic E-state index is 0.0223. The van der Waals surface area contributed by atoms with Crippen molar-refractivity contribution < 1.29 is 14.3 Å². The predicted molar refractivity (Wildman–Crippen MR) is 142 cm³/mol. The molecule has 2 bridgehead atoms. The first-order valence-electron chi connectivity index (χ1n) is 13.9. The number of hydrogen-bond donors (Lipinski definition) is 1. The molecule has 1 saturated heterocycles. The summed E-state index contributed by atoms with van der Waals surface area (Å²) < 4.78 is 13.1. The van der Waals surface area contributed by atoms with Gasteiger partial charge in [-0.15, -0.1) is 0 Å². The van der Waals surface area contributed by atoms with Crippen LogP contribution in [0.25, 0.3) is 10.9 Å². The molecule has 6 atom stereocenters. The summed E-state index contributed by atoms with van der Waals surface area (Å²) in [5, 5.41) is 1.45. The third kappa shape index (κ3) is 2.65. The van der Waals surface area contributed by atoms with Gasteiger partial charge in [0.2, 0.25) is 0 Å². The van der Waals surface area contributed by atoms with E-state index in [-0.39, 0.29) is 22.5 Å². The summed E-state index contributed by atoms with van der Waals surface area (Å²) in [6.45, 7) is 13.4. The van der Waals surface area contributed by atoms with Crippen LogP contribution in [-0.2, 0) is 32.5 Å². The van der Waals surface area contributed by atoms with Gasteiger partial charge in [0.15, 0.2) is 17.7 Å². The molecule has 36 heavy (non-hydrogen) atoms. The molecule has 5 aliphatic rings. The number of carbonyl (C=O) groups excluding carboxylic acids is 1. The highest BCUT2D eigenvalue weighted by molar-refractivity contribution is 5.97. The fourth-order valence-corrected chi connectivity index (χ4v) is 9.05. The standard InChI is InChI=1S/C32H39NO3/c1-18(2)10-11-19-8-7-9-24-26(19)21-16-20-12-13-22-23-17-25(34)28-29(3,4)36-32(23,35-28)15-14-30(22,5)31(20,6)27(21)33-24/h7-10,17,20,22,28,33H,11-16H2,1-6H3/t20?,22?,28-,30-,31+,32-/m0/s1. The average Bonchev–Trinajstić information content (AvgIpc) is 3.40. The van der Waals surface area contributed by atoms with Crippen LogP contribution in [-0.4, -0.2) is 28.3 Å². The number of benzene rings is 1. The Kier molecular flexibility index (Phi) is 4.48. The van der Waals surface area contributed by atoms with Crippen LogP contribution in [0.5, 0.6) is 0 Å². The summed E-state index contributed by atoms with van der Waals surface area (Å²) in [7, 11) is 0. The first kappa shape index (κ1) is 23.0. The van der Waals surface area contributed by atoms with Gasteiger partial charge in [0.25, 0.3) is 0 Å². The largest absolute Gasteiger partial charge is 0.358 e. The molecule has 0 amide bonds. The highest BCUT2D eigenvalue weighted by Gasteiger charge is 2.69. The third-order valence-corrected chi connectivity index (χ3v) is 11.0. The molecule has 2 unspecified atom stereocenters. The van der Waals surface area contributed by atoms with E-state index in [4.69, 9.17) is 9.47 Å². The minimum atomic E-state index is -0.713. The molecule has 1 aromatic heterocycles. The number of ketones is 1. The second kappa shape index (κ2) is 7.02. The van der Waals surface area contributed by atoms with E-state index in [9.17, 15) is 4.79 Å². The van der Waals surface area contributed by atoms with Gasteiger partial charge in [-0.3, -0.25) is 4.79 Å². The lowest BCUT2D eigenvalue weighted by Gasteiger charge is -2.61. The molecule has 1 N–H and O–H groups in total. The first-order valence-corrected chi connectivity index (χ1v) is 13.9. The Hall–Kier alpha value is -2.17. The van der Waals surface area contributed by atoms with Crippen molar-refractivity contribution in [3.05, 3.63) is 58.3 Å². The minimum Gasteiger partial charge on any atom is -0.358 e. The average molecular weight is 486 g/mol. The van der Waals surface area contributed by atoms with Gasteiger partial charge in [-0.1, -0.05) is 37.6 Å². The van der Waals surface area contributed by atoms with E-state index in [1.165, 1.54) is 34.2 Å². The molecular formula is C32H39NO3. The fourth-order valence-electron chi connectivity index (χ4n) is 9.05. The molecule has 3 aliphatic carbocycles. The van der Waals surface area contributed by atoms with Gasteiger partial charge >= 0.3 is 0 Å². The molecular weight excluding hydrogens is 446 g/mol. The quantitative estimate of drug-likeness (QED) is 0.481. The second-order valence-electron chi connectivity index (χ2n) is 13.4. The zero-order valence-electron chi connectivity index (χ0n) is 22.6. The Balaban J connectivity index is 1.36. The summed E-state index contributed by atoms with van der Waals surface area (Å²) >= 11 is 0. The molecule has 2 aliphatic heterocycles. The van der Waals surface area contributed by atoms with Crippen LogP contribution in [0.4, 0.5) is 0 Å². The summed E-state index contributed by atoms with van der Waals surface area (Å²) in [6.07, 6.45) is 10.1. The monoisotopic (exact) mass is 485 g/mol. The number of ether oxygens (including phenoxy) is 2. The van der Waals surface area contributed by atoms with Crippen molar-refractivity contribution >= 4 is 16.7 Å². The van der Waals surface area contributed by atoms with Gasteiger partial charge in [0, 0.05) is 28.4 Å². The van der Waals surface area contributed by atoms with E-state index < -0.39 is 17.5 Å². The van der Waals surface area contributed by atoms with Crippen molar-refractivity contribution in [2.75, 3.05) is 0 Å². The Morgan fingerprint density at radius 2 is 1.94 bits per heavy atom. The lowest BCUT2D eigenvalue weighted by atomic mass is 9.44. The van der Waals surface area contributed by atoms with Crippen molar-refractivity contribution in [1.29, 1.82) is 0 Å². The van der Waals surface area contributed by atoms with E-state index in [0.29, 0.717) is 5.92 Å². The Bertz CT molecular complexity index is 1370. The van der Waals surface area contributed by atoms with Gasteiger partial charge in [-0.25, -0.2) is 0 Å². The fraction of sp³-hybridized carbons (Fsp3) is 0.594. The molecule has 7 rings (SSSR count). The van der Waals surface area contributed by atoms with Crippen LogP contribution in [0, 0.1) is 17.3 Å². The van der Waals surface area contributed by atoms with Gasteiger partial charge in [-0.05, 0) is 106 Å². The molecule has 2 saturated carbocycles. The molecule has 190 valence electrons. The van der Waals surface area contributed by atoms with Crippen molar-refractivity contribution in [2.24, 2.45) is 17.3 Å². The summed E-state index contributed by atoms with van der Waals surface area (Å²) in [5.74, 6) is 0.272. The molecule has 0 radical (unpaired) electrons. The Labute approximate surface area is 214 Å². The zero-order valence-corrected chi connectivity index (χ0v) is 22.6. The van der Waals surface area contributed by atoms with Crippen LogP contribution < -0.4 is 0 Å². The molecule has 3 heterocycles. The lowest BCUT2D eigenvalue weighted by Crippen LogP contribution is -2.60. The summed E-state index contributed by atoms with van der Waals surface area (Å²) in [5.41, 5.74) is 7.66. The number of fused-ring (bicyclic) bond motifs is 9. The number of aromatic amines is 1. The zero-order chi connectivity index (χ0) is 25.3. The Morgan fingerprint density at radius 3 is 2.72 bits per heavy atom. The van der Waals surface area contributed by atoms with E-state index >= 15 is 0 Å². The number of allylic oxidation sites excluding steroid dienone is 2. The van der Waals surface area contributed by atoms with Crippen molar-refractivity contribution in [2.45, 2.75) is 103 Å². The number of hydrogen-bond acceptors (Lipinski definition) is 3. The van der Waals surface area contributed by atoms with Crippen LogP contribution in [0.2, 0.25) is 0 Å². The number of rotatable bonds is 2. The molecule has 1 spiro atoms.